The number of aromatic nitrogens is 1. The monoisotopic (exact) mass is 336 g/mol. The maximum atomic E-state index is 13.2. The summed E-state index contributed by atoms with van der Waals surface area (Å²) in [4.78, 5) is 17.0. The molecule has 2 heterocycles. The molecule has 112 valence electrons. The lowest BCUT2D eigenvalue weighted by Gasteiger charge is -2.00. The van der Waals surface area contributed by atoms with Gasteiger partial charge in [0.05, 0.1) is 10.6 Å². The molecule has 3 aromatic rings. The van der Waals surface area contributed by atoms with Crippen molar-refractivity contribution in [3.05, 3.63) is 57.1 Å². The Hall–Kier alpha value is -2.12. The predicted molar refractivity (Wildman–Crippen MR) is 84.5 cm³/mol. The number of thiophene rings is 1. The minimum Gasteiger partial charge on any atom is -0.297 e. The van der Waals surface area contributed by atoms with Crippen LogP contribution in [0.2, 0.25) is 0 Å². The Morgan fingerprint density at radius 2 is 2.00 bits per heavy atom. The Labute approximate surface area is 133 Å². The van der Waals surface area contributed by atoms with Gasteiger partial charge in [0, 0.05) is 10.9 Å². The predicted octanol–water partition coefficient (Wildman–Crippen LogP) is 4.71. The van der Waals surface area contributed by atoms with Gasteiger partial charge >= 0.3 is 0 Å². The van der Waals surface area contributed by atoms with Gasteiger partial charge in [0.15, 0.2) is 16.8 Å². The van der Waals surface area contributed by atoms with Crippen LogP contribution in [0.4, 0.5) is 13.9 Å². The van der Waals surface area contributed by atoms with Crippen LogP contribution in [0.5, 0.6) is 0 Å². The van der Waals surface area contributed by atoms with Gasteiger partial charge in [0.25, 0.3) is 5.91 Å². The highest BCUT2D eigenvalue weighted by Gasteiger charge is 2.13. The molecule has 0 radical (unpaired) electrons. The van der Waals surface area contributed by atoms with Crippen molar-refractivity contribution in [2.75, 3.05) is 5.32 Å². The van der Waals surface area contributed by atoms with Gasteiger partial charge in [-0.15, -0.1) is 22.7 Å². The first-order valence-corrected chi connectivity index (χ1v) is 8.07. The molecule has 0 fully saturated rings. The number of thiazole rings is 1. The van der Waals surface area contributed by atoms with Crippen molar-refractivity contribution in [3.8, 4) is 11.3 Å². The number of anilines is 1. The average molecular weight is 336 g/mol. The molecule has 1 N–H and O–H groups in total. The van der Waals surface area contributed by atoms with Gasteiger partial charge in [0.2, 0.25) is 0 Å². The van der Waals surface area contributed by atoms with Crippen LogP contribution in [0.25, 0.3) is 11.3 Å². The lowest BCUT2D eigenvalue weighted by molar-refractivity contribution is 0.103. The van der Waals surface area contributed by atoms with Gasteiger partial charge in [-0.2, -0.15) is 0 Å². The molecule has 0 spiro atoms. The smallest absolute Gasteiger partial charge is 0.267 e. The van der Waals surface area contributed by atoms with E-state index in [1.807, 2.05) is 18.4 Å². The van der Waals surface area contributed by atoms with Crippen molar-refractivity contribution in [3.63, 3.8) is 0 Å². The van der Waals surface area contributed by atoms with Crippen molar-refractivity contribution < 1.29 is 13.6 Å². The third-order valence-corrected chi connectivity index (χ3v) is 4.78. The SMILES string of the molecule is Cc1ccsc1C(=O)Nc1nc(-c2ccc(F)c(F)c2)cs1. The van der Waals surface area contributed by atoms with E-state index in [9.17, 15) is 13.6 Å². The van der Waals surface area contributed by atoms with Crippen LogP contribution in [-0.4, -0.2) is 10.9 Å². The van der Waals surface area contributed by atoms with Crippen LogP contribution in [0, 0.1) is 18.6 Å². The molecular weight excluding hydrogens is 326 g/mol. The van der Waals surface area contributed by atoms with Crippen molar-refractivity contribution in [2.24, 2.45) is 0 Å². The number of carbonyl (C=O) groups is 1. The first-order valence-electron chi connectivity index (χ1n) is 6.31. The van der Waals surface area contributed by atoms with E-state index in [4.69, 9.17) is 0 Å². The van der Waals surface area contributed by atoms with E-state index in [1.54, 1.807) is 5.38 Å². The summed E-state index contributed by atoms with van der Waals surface area (Å²) in [6, 6.07) is 5.45. The number of benzene rings is 1. The molecule has 0 aliphatic rings. The summed E-state index contributed by atoms with van der Waals surface area (Å²) < 4.78 is 26.2. The van der Waals surface area contributed by atoms with Gasteiger partial charge in [-0.05, 0) is 42.1 Å². The van der Waals surface area contributed by atoms with Gasteiger partial charge in [-0.1, -0.05) is 0 Å². The molecule has 1 amide bonds. The number of aryl methyl sites for hydroxylation is 1. The molecule has 1 aromatic carbocycles. The summed E-state index contributed by atoms with van der Waals surface area (Å²) in [5.41, 5.74) is 1.85. The van der Waals surface area contributed by atoms with E-state index in [0.717, 1.165) is 17.7 Å². The molecule has 3 nitrogen and oxygen atoms in total. The molecule has 0 unspecified atom stereocenters. The largest absolute Gasteiger partial charge is 0.297 e. The summed E-state index contributed by atoms with van der Waals surface area (Å²) in [6.07, 6.45) is 0. The topological polar surface area (TPSA) is 42.0 Å². The Bertz CT molecular complexity index is 842. The molecule has 3 rings (SSSR count). The number of nitrogens with zero attached hydrogens (tertiary/aromatic N) is 1. The molecule has 7 heteroatoms. The Morgan fingerprint density at radius 1 is 1.18 bits per heavy atom. The zero-order valence-electron chi connectivity index (χ0n) is 11.4. The van der Waals surface area contributed by atoms with Gasteiger partial charge in [0.1, 0.15) is 0 Å². The fourth-order valence-electron chi connectivity index (χ4n) is 1.88. The number of hydrogen-bond acceptors (Lipinski definition) is 4. The molecule has 2 aromatic heterocycles. The van der Waals surface area contributed by atoms with Gasteiger partial charge in [-0.3, -0.25) is 10.1 Å². The van der Waals surface area contributed by atoms with Crippen LogP contribution < -0.4 is 5.32 Å². The Balaban J connectivity index is 1.80. The average Bonchev–Trinajstić information content (AvgIpc) is 3.11. The fraction of sp³-hybridized carbons (Fsp3) is 0.0667. The van der Waals surface area contributed by atoms with E-state index < -0.39 is 11.6 Å². The standard InChI is InChI=1S/C15H10F2N2OS2/c1-8-4-5-21-13(8)14(20)19-15-18-12(7-22-15)9-2-3-10(16)11(17)6-9/h2-7H,1H3,(H,18,19,20). The van der Waals surface area contributed by atoms with E-state index in [2.05, 4.69) is 10.3 Å². The molecule has 0 saturated heterocycles. The highest BCUT2D eigenvalue weighted by atomic mass is 32.1. The van der Waals surface area contributed by atoms with Crippen LogP contribution in [0.3, 0.4) is 0 Å². The number of carbonyl (C=O) groups excluding carboxylic acids is 1. The van der Waals surface area contributed by atoms with E-state index in [-0.39, 0.29) is 5.91 Å². The lowest BCUT2D eigenvalue weighted by Crippen LogP contribution is -2.10. The van der Waals surface area contributed by atoms with Gasteiger partial charge in [-0.25, -0.2) is 13.8 Å². The Morgan fingerprint density at radius 3 is 2.68 bits per heavy atom. The second-order valence-electron chi connectivity index (χ2n) is 4.55. The summed E-state index contributed by atoms with van der Waals surface area (Å²) in [6.45, 7) is 1.86. The maximum Gasteiger partial charge on any atom is 0.267 e. The summed E-state index contributed by atoms with van der Waals surface area (Å²) in [5, 5.41) is 6.66. The van der Waals surface area contributed by atoms with Gasteiger partial charge < -0.3 is 0 Å². The maximum absolute atomic E-state index is 13.2. The first kappa shape index (κ1) is 14.8. The van der Waals surface area contributed by atoms with Crippen LogP contribution in [0.1, 0.15) is 15.2 Å². The third kappa shape index (κ3) is 2.90. The normalized spacial score (nSPS) is 10.7. The Kier molecular flexibility index (Phi) is 4.00. The number of hydrogen-bond donors (Lipinski definition) is 1. The number of amides is 1. The minimum atomic E-state index is -0.926. The van der Waals surface area contributed by atoms with Crippen molar-refractivity contribution >= 4 is 33.7 Å². The summed E-state index contributed by atoms with van der Waals surface area (Å²) >= 11 is 2.59. The number of rotatable bonds is 3. The number of nitrogens with one attached hydrogen (secondary N) is 1. The lowest BCUT2D eigenvalue weighted by atomic mass is 10.2. The molecule has 0 aliphatic heterocycles. The molecule has 0 aliphatic carbocycles. The molecular formula is C15H10F2N2OS2. The van der Waals surface area contributed by atoms with E-state index >= 15 is 0 Å². The molecule has 0 bridgehead atoms. The minimum absolute atomic E-state index is 0.223. The van der Waals surface area contributed by atoms with E-state index in [1.165, 1.54) is 28.7 Å². The summed E-state index contributed by atoms with van der Waals surface area (Å²) in [5.74, 6) is -2.05. The van der Waals surface area contributed by atoms with Crippen molar-refractivity contribution in [1.82, 2.24) is 4.98 Å². The third-order valence-electron chi connectivity index (χ3n) is 3.01. The second-order valence-corrected chi connectivity index (χ2v) is 6.33. The highest BCUT2D eigenvalue weighted by Crippen LogP contribution is 2.27. The van der Waals surface area contributed by atoms with Crippen LogP contribution >= 0.6 is 22.7 Å². The van der Waals surface area contributed by atoms with Crippen LogP contribution in [-0.2, 0) is 0 Å². The summed E-state index contributed by atoms with van der Waals surface area (Å²) in [7, 11) is 0. The molecule has 22 heavy (non-hydrogen) atoms. The highest BCUT2D eigenvalue weighted by molar-refractivity contribution is 7.14. The second kappa shape index (κ2) is 5.94. The quantitative estimate of drug-likeness (QED) is 0.752. The number of halogens is 2. The zero-order chi connectivity index (χ0) is 15.7. The van der Waals surface area contributed by atoms with Crippen molar-refractivity contribution in [2.45, 2.75) is 6.92 Å². The van der Waals surface area contributed by atoms with Crippen molar-refractivity contribution in [1.29, 1.82) is 0 Å². The molecule has 0 atom stereocenters. The first-order chi connectivity index (χ1) is 10.5. The zero-order valence-corrected chi connectivity index (χ0v) is 13.0. The molecule has 0 saturated carbocycles. The fourth-order valence-corrected chi connectivity index (χ4v) is 3.41. The van der Waals surface area contributed by atoms with E-state index in [0.29, 0.717) is 21.3 Å². The van der Waals surface area contributed by atoms with Crippen LogP contribution in [0.15, 0.2) is 35.0 Å².